The highest BCUT2D eigenvalue weighted by atomic mass is 16.1. The summed E-state index contributed by atoms with van der Waals surface area (Å²) >= 11 is 0. The number of hydrogen-bond donors (Lipinski definition) is 1. The molecule has 0 heterocycles. The largest absolute Gasteiger partial charge is 0.353 e. The third-order valence-corrected chi connectivity index (χ3v) is 2.27. The summed E-state index contributed by atoms with van der Waals surface area (Å²) in [5.41, 5.74) is 0. The number of rotatable bonds is 6. The van der Waals surface area contributed by atoms with Gasteiger partial charge in [-0.05, 0) is 12.8 Å². The van der Waals surface area contributed by atoms with Gasteiger partial charge in [0.1, 0.15) is 0 Å². The fourth-order valence-electron chi connectivity index (χ4n) is 1.20. The highest BCUT2D eigenvalue weighted by Gasteiger charge is 2.11. The van der Waals surface area contributed by atoms with Crippen LogP contribution in [-0.4, -0.2) is 11.9 Å². The van der Waals surface area contributed by atoms with Crippen LogP contribution in [0.15, 0.2) is 0 Å². The second-order valence-corrected chi connectivity index (χ2v) is 3.91. The normalized spacial score (nSPS) is 13.0. The second kappa shape index (κ2) is 6.93. The van der Waals surface area contributed by atoms with Gasteiger partial charge in [-0.15, -0.1) is 0 Å². The van der Waals surface area contributed by atoms with E-state index >= 15 is 0 Å². The zero-order valence-corrected chi connectivity index (χ0v) is 9.39. The van der Waals surface area contributed by atoms with E-state index in [2.05, 4.69) is 19.2 Å². The molecule has 13 heavy (non-hydrogen) atoms. The van der Waals surface area contributed by atoms with E-state index in [9.17, 15) is 4.79 Å². The minimum atomic E-state index is 0.107. The average Bonchev–Trinajstić information content (AvgIpc) is 2.11. The van der Waals surface area contributed by atoms with E-state index in [1.807, 2.05) is 13.8 Å². The van der Waals surface area contributed by atoms with Crippen molar-refractivity contribution in [1.82, 2.24) is 5.32 Å². The lowest BCUT2D eigenvalue weighted by molar-refractivity contribution is -0.124. The molecule has 0 spiro atoms. The Morgan fingerprint density at radius 2 is 1.92 bits per heavy atom. The fraction of sp³-hybridized carbons (Fsp3) is 0.909. The molecule has 0 rings (SSSR count). The minimum Gasteiger partial charge on any atom is -0.353 e. The molecule has 0 aliphatic carbocycles. The number of amides is 1. The lowest BCUT2D eigenvalue weighted by Gasteiger charge is -2.17. The standard InChI is InChI=1S/C11H23NO/c1-5-7-8-10(6-2)12-11(13)9(3)4/h9-10H,5-8H2,1-4H3,(H,12,13). The molecule has 1 N–H and O–H groups in total. The first kappa shape index (κ1) is 12.5. The predicted molar refractivity (Wildman–Crippen MR) is 56.6 cm³/mol. The van der Waals surface area contributed by atoms with Crippen LogP contribution >= 0.6 is 0 Å². The lowest BCUT2D eigenvalue weighted by Crippen LogP contribution is -2.36. The van der Waals surface area contributed by atoms with Gasteiger partial charge < -0.3 is 5.32 Å². The summed E-state index contributed by atoms with van der Waals surface area (Å²) in [6.07, 6.45) is 4.56. The lowest BCUT2D eigenvalue weighted by atomic mass is 10.1. The van der Waals surface area contributed by atoms with Crippen LogP contribution in [0.4, 0.5) is 0 Å². The van der Waals surface area contributed by atoms with Crippen molar-refractivity contribution in [3.8, 4) is 0 Å². The summed E-state index contributed by atoms with van der Waals surface area (Å²) in [5, 5.41) is 3.06. The molecule has 0 radical (unpaired) electrons. The van der Waals surface area contributed by atoms with E-state index in [1.165, 1.54) is 12.8 Å². The fourth-order valence-corrected chi connectivity index (χ4v) is 1.20. The van der Waals surface area contributed by atoms with Gasteiger partial charge >= 0.3 is 0 Å². The highest BCUT2D eigenvalue weighted by Crippen LogP contribution is 2.05. The molecule has 2 heteroatoms. The predicted octanol–water partition coefficient (Wildman–Crippen LogP) is 2.73. The molecule has 1 unspecified atom stereocenters. The molecule has 0 aromatic carbocycles. The van der Waals surface area contributed by atoms with Crippen molar-refractivity contribution in [2.45, 2.75) is 59.4 Å². The molecule has 0 saturated carbocycles. The van der Waals surface area contributed by atoms with Crippen LogP contribution in [0.5, 0.6) is 0 Å². The number of carbonyl (C=O) groups is 1. The van der Waals surface area contributed by atoms with E-state index in [-0.39, 0.29) is 11.8 Å². The monoisotopic (exact) mass is 185 g/mol. The maximum Gasteiger partial charge on any atom is 0.222 e. The molecule has 0 fully saturated rings. The molecule has 78 valence electrons. The zero-order valence-electron chi connectivity index (χ0n) is 9.39. The Bertz CT molecular complexity index is 143. The van der Waals surface area contributed by atoms with Gasteiger partial charge in [0, 0.05) is 12.0 Å². The maximum absolute atomic E-state index is 11.4. The number of carbonyl (C=O) groups excluding carboxylic acids is 1. The molecule has 0 aromatic heterocycles. The smallest absolute Gasteiger partial charge is 0.222 e. The van der Waals surface area contributed by atoms with Crippen molar-refractivity contribution in [3.63, 3.8) is 0 Å². The summed E-state index contributed by atoms with van der Waals surface area (Å²) in [5.74, 6) is 0.290. The van der Waals surface area contributed by atoms with Crippen LogP contribution in [0.3, 0.4) is 0 Å². The van der Waals surface area contributed by atoms with Gasteiger partial charge in [0.25, 0.3) is 0 Å². The summed E-state index contributed by atoms with van der Waals surface area (Å²) < 4.78 is 0. The Kier molecular flexibility index (Phi) is 6.65. The molecule has 0 aromatic rings. The van der Waals surface area contributed by atoms with Gasteiger partial charge in [-0.1, -0.05) is 40.5 Å². The molecule has 1 atom stereocenters. The van der Waals surface area contributed by atoms with Crippen LogP contribution in [0.1, 0.15) is 53.4 Å². The van der Waals surface area contributed by atoms with Gasteiger partial charge in [0.05, 0.1) is 0 Å². The molecule has 0 aliphatic rings. The summed E-state index contributed by atoms with van der Waals surface area (Å²) in [6, 6.07) is 0.384. The van der Waals surface area contributed by atoms with E-state index < -0.39 is 0 Å². The number of unbranched alkanes of at least 4 members (excludes halogenated alkanes) is 1. The van der Waals surface area contributed by atoms with Crippen molar-refractivity contribution >= 4 is 5.91 Å². The van der Waals surface area contributed by atoms with E-state index in [1.54, 1.807) is 0 Å². The summed E-state index contributed by atoms with van der Waals surface area (Å²) in [6.45, 7) is 8.17. The highest BCUT2D eigenvalue weighted by molar-refractivity contribution is 5.78. The van der Waals surface area contributed by atoms with Crippen LogP contribution in [0, 0.1) is 5.92 Å². The third kappa shape index (κ3) is 5.67. The molecular weight excluding hydrogens is 162 g/mol. The Hall–Kier alpha value is -0.530. The van der Waals surface area contributed by atoms with E-state index in [0.717, 1.165) is 12.8 Å². The van der Waals surface area contributed by atoms with Crippen LogP contribution in [0.25, 0.3) is 0 Å². The Morgan fingerprint density at radius 3 is 2.31 bits per heavy atom. The van der Waals surface area contributed by atoms with Gasteiger partial charge in [-0.25, -0.2) is 0 Å². The SMILES string of the molecule is CCCCC(CC)NC(=O)C(C)C. The van der Waals surface area contributed by atoms with Gasteiger partial charge in [-0.2, -0.15) is 0 Å². The number of nitrogens with one attached hydrogen (secondary N) is 1. The Morgan fingerprint density at radius 1 is 1.31 bits per heavy atom. The van der Waals surface area contributed by atoms with Crippen molar-refractivity contribution in [3.05, 3.63) is 0 Å². The van der Waals surface area contributed by atoms with E-state index in [4.69, 9.17) is 0 Å². The van der Waals surface area contributed by atoms with Crippen molar-refractivity contribution < 1.29 is 4.79 Å². The van der Waals surface area contributed by atoms with Gasteiger partial charge in [-0.3, -0.25) is 4.79 Å². The molecular formula is C11H23NO. The molecule has 0 saturated heterocycles. The molecule has 2 nitrogen and oxygen atoms in total. The van der Waals surface area contributed by atoms with Crippen molar-refractivity contribution in [1.29, 1.82) is 0 Å². The first-order chi connectivity index (χ1) is 6.11. The van der Waals surface area contributed by atoms with Crippen LogP contribution in [-0.2, 0) is 4.79 Å². The maximum atomic E-state index is 11.4. The minimum absolute atomic E-state index is 0.107. The third-order valence-electron chi connectivity index (χ3n) is 2.27. The van der Waals surface area contributed by atoms with Crippen LogP contribution < -0.4 is 5.32 Å². The first-order valence-corrected chi connectivity index (χ1v) is 5.42. The zero-order chi connectivity index (χ0) is 10.3. The van der Waals surface area contributed by atoms with Crippen molar-refractivity contribution in [2.24, 2.45) is 5.92 Å². The van der Waals surface area contributed by atoms with E-state index in [0.29, 0.717) is 6.04 Å². The van der Waals surface area contributed by atoms with Crippen molar-refractivity contribution in [2.75, 3.05) is 0 Å². The summed E-state index contributed by atoms with van der Waals surface area (Å²) in [7, 11) is 0. The van der Waals surface area contributed by atoms with Gasteiger partial charge in [0.2, 0.25) is 5.91 Å². The Labute approximate surface area is 82.1 Å². The van der Waals surface area contributed by atoms with Crippen LogP contribution in [0.2, 0.25) is 0 Å². The topological polar surface area (TPSA) is 29.1 Å². The molecule has 1 amide bonds. The first-order valence-electron chi connectivity index (χ1n) is 5.42. The quantitative estimate of drug-likeness (QED) is 0.677. The Balaban J connectivity index is 3.76. The second-order valence-electron chi connectivity index (χ2n) is 3.91. The summed E-state index contributed by atoms with van der Waals surface area (Å²) in [4.78, 5) is 11.4. The molecule has 0 aliphatic heterocycles. The average molecular weight is 185 g/mol. The van der Waals surface area contributed by atoms with Gasteiger partial charge in [0.15, 0.2) is 0 Å². The molecule has 0 bridgehead atoms. The number of hydrogen-bond acceptors (Lipinski definition) is 1.